The van der Waals surface area contributed by atoms with Gasteiger partial charge in [-0.25, -0.2) is 9.78 Å². The van der Waals surface area contributed by atoms with Crippen LogP contribution < -0.4 is 5.56 Å². The van der Waals surface area contributed by atoms with Gasteiger partial charge in [-0.2, -0.15) is 0 Å². The number of esters is 1. The predicted octanol–water partition coefficient (Wildman–Crippen LogP) is 4.54. The Morgan fingerprint density at radius 3 is 2.47 bits per heavy atom. The van der Waals surface area contributed by atoms with E-state index in [-0.39, 0.29) is 23.9 Å². The molecule has 34 heavy (non-hydrogen) atoms. The molecule has 2 aliphatic rings. The standard InChI is InChI=1S/C28H33N3O3/c1-4-34-28(33)26-27(32)31(25-12-8-7-11-24(25)29-26)19(3)15-22-14-13-18(2)30(22)23-16-20-9-5-6-10-21(20)17-23/h5-12,18-19,22-23H,4,13-17H2,1-3H3/t18-,19-,22-/m0/s1. The number of likely N-dealkylation sites (tertiary alicyclic amines) is 1. The number of rotatable bonds is 6. The van der Waals surface area contributed by atoms with Gasteiger partial charge in [0.05, 0.1) is 17.6 Å². The predicted molar refractivity (Wildman–Crippen MR) is 133 cm³/mol. The summed E-state index contributed by atoms with van der Waals surface area (Å²) in [5.74, 6) is -0.654. The number of ether oxygens (including phenoxy) is 1. The summed E-state index contributed by atoms with van der Waals surface area (Å²) in [7, 11) is 0. The largest absolute Gasteiger partial charge is 0.461 e. The molecule has 0 radical (unpaired) electrons. The van der Waals surface area contributed by atoms with E-state index in [1.807, 2.05) is 24.3 Å². The lowest BCUT2D eigenvalue weighted by Gasteiger charge is -2.35. The fraction of sp³-hybridized carbons (Fsp3) is 0.464. The molecule has 1 fully saturated rings. The van der Waals surface area contributed by atoms with Crippen molar-refractivity contribution in [2.45, 2.75) is 77.0 Å². The van der Waals surface area contributed by atoms with Crippen LogP contribution in [0.5, 0.6) is 0 Å². The van der Waals surface area contributed by atoms with Crippen LogP contribution in [-0.4, -0.2) is 45.2 Å². The van der Waals surface area contributed by atoms with E-state index >= 15 is 0 Å². The van der Waals surface area contributed by atoms with Crippen molar-refractivity contribution in [3.8, 4) is 0 Å². The number of fused-ring (bicyclic) bond motifs is 2. The van der Waals surface area contributed by atoms with Crippen LogP contribution in [0.1, 0.15) is 67.7 Å². The van der Waals surface area contributed by atoms with Crippen molar-refractivity contribution in [2.24, 2.45) is 0 Å². The number of benzene rings is 2. The normalized spacial score (nSPS) is 21.6. The summed E-state index contributed by atoms with van der Waals surface area (Å²) in [6.45, 7) is 6.37. The Morgan fingerprint density at radius 2 is 1.76 bits per heavy atom. The Hall–Kier alpha value is -2.99. The third kappa shape index (κ3) is 4.05. The number of para-hydroxylation sites is 2. The van der Waals surface area contributed by atoms with E-state index in [2.05, 4.69) is 48.0 Å². The summed E-state index contributed by atoms with van der Waals surface area (Å²) in [6.07, 6.45) is 5.34. The molecule has 1 aliphatic carbocycles. The molecule has 0 saturated carbocycles. The Labute approximate surface area is 200 Å². The molecule has 0 bridgehead atoms. The van der Waals surface area contributed by atoms with E-state index in [4.69, 9.17) is 4.74 Å². The maximum Gasteiger partial charge on any atom is 0.362 e. The lowest BCUT2D eigenvalue weighted by Crippen LogP contribution is -2.45. The van der Waals surface area contributed by atoms with E-state index in [0.29, 0.717) is 23.6 Å². The van der Waals surface area contributed by atoms with Crippen LogP contribution in [0.15, 0.2) is 53.3 Å². The second kappa shape index (κ2) is 9.34. The molecule has 3 aromatic rings. The number of nitrogens with zero attached hydrogens (tertiary/aromatic N) is 3. The smallest absolute Gasteiger partial charge is 0.362 e. The maximum absolute atomic E-state index is 13.5. The Bertz CT molecular complexity index is 1240. The molecular weight excluding hydrogens is 426 g/mol. The fourth-order valence-corrected chi connectivity index (χ4v) is 6.16. The highest BCUT2D eigenvalue weighted by Crippen LogP contribution is 2.36. The zero-order chi connectivity index (χ0) is 23.8. The molecule has 1 saturated heterocycles. The number of aromatic nitrogens is 2. The van der Waals surface area contributed by atoms with Crippen molar-refractivity contribution in [3.05, 3.63) is 75.7 Å². The van der Waals surface area contributed by atoms with Gasteiger partial charge in [0.2, 0.25) is 5.69 Å². The average molecular weight is 460 g/mol. The molecule has 1 aromatic heterocycles. The highest BCUT2D eigenvalue weighted by molar-refractivity contribution is 5.89. The second-order valence-electron chi connectivity index (χ2n) is 9.79. The lowest BCUT2D eigenvalue weighted by atomic mass is 10.0. The van der Waals surface area contributed by atoms with Gasteiger partial charge in [0.15, 0.2) is 0 Å². The summed E-state index contributed by atoms with van der Waals surface area (Å²) in [4.78, 5) is 33.0. The first-order chi connectivity index (χ1) is 16.5. The topological polar surface area (TPSA) is 64.4 Å². The third-order valence-electron chi connectivity index (χ3n) is 7.62. The zero-order valence-electron chi connectivity index (χ0n) is 20.2. The monoisotopic (exact) mass is 459 g/mol. The van der Waals surface area contributed by atoms with Crippen molar-refractivity contribution in [3.63, 3.8) is 0 Å². The first-order valence-corrected chi connectivity index (χ1v) is 12.5. The van der Waals surface area contributed by atoms with Crippen LogP contribution in [0.4, 0.5) is 0 Å². The van der Waals surface area contributed by atoms with Gasteiger partial charge in [-0.15, -0.1) is 0 Å². The van der Waals surface area contributed by atoms with Gasteiger partial charge in [-0.05, 0) is 76.1 Å². The molecule has 0 spiro atoms. The molecule has 2 aromatic carbocycles. The Balaban J connectivity index is 1.45. The Kier molecular flexibility index (Phi) is 6.26. The van der Waals surface area contributed by atoms with Crippen LogP contribution in [0.2, 0.25) is 0 Å². The minimum Gasteiger partial charge on any atom is -0.461 e. The summed E-state index contributed by atoms with van der Waals surface area (Å²) in [6, 6.07) is 17.7. The molecule has 1 aliphatic heterocycles. The quantitative estimate of drug-likeness (QED) is 0.506. The third-order valence-corrected chi connectivity index (χ3v) is 7.62. The molecule has 6 nitrogen and oxygen atoms in total. The minimum absolute atomic E-state index is 0.0739. The van der Waals surface area contributed by atoms with Crippen molar-refractivity contribution in [1.29, 1.82) is 0 Å². The van der Waals surface area contributed by atoms with Gasteiger partial charge in [-0.1, -0.05) is 36.4 Å². The lowest BCUT2D eigenvalue weighted by molar-refractivity contribution is 0.0516. The van der Waals surface area contributed by atoms with Crippen LogP contribution in [0.3, 0.4) is 0 Å². The molecule has 5 rings (SSSR count). The molecule has 0 N–H and O–H groups in total. The number of carbonyl (C=O) groups is 1. The van der Waals surface area contributed by atoms with E-state index < -0.39 is 5.97 Å². The van der Waals surface area contributed by atoms with E-state index in [9.17, 15) is 9.59 Å². The summed E-state index contributed by atoms with van der Waals surface area (Å²) in [5, 5.41) is 0. The average Bonchev–Trinajstić information content (AvgIpc) is 3.41. The molecule has 0 unspecified atom stereocenters. The van der Waals surface area contributed by atoms with Crippen LogP contribution in [-0.2, 0) is 17.6 Å². The van der Waals surface area contributed by atoms with Gasteiger partial charge >= 0.3 is 5.97 Å². The highest BCUT2D eigenvalue weighted by atomic mass is 16.5. The molecule has 3 atom stereocenters. The van der Waals surface area contributed by atoms with Crippen LogP contribution in [0.25, 0.3) is 11.0 Å². The van der Waals surface area contributed by atoms with E-state index in [0.717, 1.165) is 31.2 Å². The van der Waals surface area contributed by atoms with Crippen LogP contribution >= 0.6 is 0 Å². The number of hydrogen-bond acceptors (Lipinski definition) is 5. The minimum atomic E-state index is -0.654. The molecule has 0 amide bonds. The van der Waals surface area contributed by atoms with Crippen molar-refractivity contribution in [1.82, 2.24) is 14.5 Å². The zero-order valence-corrected chi connectivity index (χ0v) is 20.2. The van der Waals surface area contributed by atoms with Gasteiger partial charge in [0, 0.05) is 24.2 Å². The molecule has 178 valence electrons. The van der Waals surface area contributed by atoms with E-state index in [1.165, 1.54) is 17.5 Å². The summed E-state index contributed by atoms with van der Waals surface area (Å²) >= 11 is 0. The van der Waals surface area contributed by atoms with Gasteiger partial charge in [0.1, 0.15) is 0 Å². The number of hydrogen-bond donors (Lipinski definition) is 0. The van der Waals surface area contributed by atoms with Crippen molar-refractivity contribution >= 4 is 17.0 Å². The van der Waals surface area contributed by atoms with Crippen molar-refractivity contribution < 1.29 is 9.53 Å². The van der Waals surface area contributed by atoms with Crippen LogP contribution in [0, 0.1) is 0 Å². The number of carbonyl (C=O) groups excluding carboxylic acids is 1. The molecular formula is C28H33N3O3. The van der Waals surface area contributed by atoms with Crippen molar-refractivity contribution in [2.75, 3.05) is 6.61 Å². The van der Waals surface area contributed by atoms with Gasteiger partial charge < -0.3 is 9.30 Å². The van der Waals surface area contributed by atoms with Gasteiger partial charge in [-0.3, -0.25) is 9.69 Å². The first-order valence-electron chi connectivity index (χ1n) is 12.5. The molecule has 6 heteroatoms. The summed E-state index contributed by atoms with van der Waals surface area (Å²) < 4.78 is 6.90. The fourth-order valence-electron chi connectivity index (χ4n) is 6.16. The van der Waals surface area contributed by atoms with Gasteiger partial charge in [0.25, 0.3) is 5.56 Å². The summed E-state index contributed by atoms with van der Waals surface area (Å²) in [5.41, 5.74) is 3.84. The SMILES string of the molecule is CCOC(=O)c1nc2ccccc2n([C@@H](C)C[C@@H]2CC[C@H](C)N2C2Cc3ccccc3C2)c1=O. The highest BCUT2D eigenvalue weighted by Gasteiger charge is 2.39. The first kappa shape index (κ1) is 22.8. The second-order valence-corrected chi connectivity index (χ2v) is 9.79. The maximum atomic E-state index is 13.5. The molecule has 2 heterocycles. The van der Waals surface area contributed by atoms with E-state index in [1.54, 1.807) is 11.5 Å². The Morgan fingerprint density at radius 1 is 1.09 bits per heavy atom.